The fraction of sp³-hybridized carbons (Fsp3) is 1.00. The van der Waals surface area contributed by atoms with Gasteiger partial charge in [0.25, 0.3) is 0 Å². The zero-order chi connectivity index (χ0) is 15.3. The minimum Gasteiger partial charge on any atom is -0.346 e. The van der Waals surface area contributed by atoms with E-state index in [1.54, 1.807) is 0 Å². The zero-order valence-corrected chi connectivity index (χ0v) is 18.6. The van der Waals surface area contributed by atoms with Crippen molar-refractivity contribution >= 4 is 55.7 Å². The van der Waals surface area contributed by atoms with Crippen molar-refractivity contribution in [3.8, 4) is 0 Å². The molecule has 0 aliphatic rings. The van der Waals surface area contributed by atoms with E-state index in [9.17, 15) is 0 Å². The fourth-order valence-electron chi connectivity index (χ4n) is 2.63. The van der Waals surface area contributed by atoms with E-state index in [1.807, 2.05) is 0 Å². The first kappa shape index (κ1) is 20.5. The summed E-state index contributed by atoms with van der Waals surface area (Å²) in [5.74, 6) is 0. The maximum Gasteiger partial charge on any atom is 0.341 e. The predicted molar refractivity (Wildman–Crippen MR) is 100.0 cm³/mol. The van der Waals surface area contributed by atoms with Gasteiger partial charge in [-0.1, -0.05) is 58.5 Å². The second-order valence-electron chi connectivity index (χ2n) is 7.27. The number of halogens is 3. The van der Waals surface area contributed by atoms with E-state index >= 15 is 0 Å². The van der Waals surface area contributed by atoms with Crippen molar-refractivity contribution in [2.75, 3.05) is 6.54 Å². The summed E-state index contributed by atoms with van der Waals surface area (Å²) in [6, 6.07) is -1.57. The lowest BCUT2D eigenvalue weighted by Crippen LogP contribution is -2.59. The molecule has 19 heavy (non-hydrogen) atoms. The van der Waals surface area contributed by atoms with E-state index in [1.165, 1.54) is 25.8 Å². The van der Waals surface area contributed by atoms with Gasteiger partial charge in [-0.3, -0.25) is 0 Å². The highest BCUT2D eigenvalue weighted by Gasteiger charge is 2.33. The van der Waals surface area contributed by atoms with Crippen molar-refractivity contribution in [3.05, 3.63) is 0 Å². The van der Waals surface area contributed by atoms with Crippen molar-refractivity contribution in [2.45, 2.75) is 71.0 Å². The van der Waals surface area contributed by atoms with Gasteiger partial charge < -0.3 is 4.23 Å². The monoisotopic (exact) mass is 377 g/mol. The van der Waals surface area contributed by atoms with E-state index in [-0.39, 0.29) is 0 Å². The molecule has 1 nitrogen and oxygen atoms in total. The Morgan fingerprint density at radius 3 is 1.47 bits per heavy atom. The molecule has 0 aromatic rings. The van der Waals surface area contributed by atoms with E-state index in [2.05, 4.69) is 43.5 Å². The van der Waals surface area contributed by atoms with Gasteiger partial charge in [0.05, 0.1) is 0 Å². The summed E-state index contributed by atoms with van der Waals surface area (Å²) in [5, 5.41) is 0. The van der Waals surface area contributed by atoms with Crippen molar-refractivity contribution < 1.29 is 0 Å². The van der Waals surface area contributed by atoms with Crippen LogP contribution in [0.4, 0.5) is 0 Å². The Balaban J connectivity index is 3.97. The number of rotatable bonds is 9. The average Bonchev–Trinajstić information content (AvgIpc) is 2.10. The zero-order valence-electron chi connectivity index (χ0n) is 13.3. The lowest BCUT2D eigenvalue weighted by Gasteiger charge is -2.43. The van der Waals surface area contributed by atoms with Crippen molar-refractivity contribution in [1.29, 1.82) is 0 Å². The topological polar surface area (TPSA) is 3.24 Å². The van der Waals surface area contributed by atoms with Gasteiger partial charge in [0.2, 0.25) is 0 Å². The molecule has 0 aliphatic carbocycles. The summed E-state index contributed by atoms with van der Waals surface area (Å²) >= 11 is 17.7. The summed E-state index contributed by atoms with van der Waals surface area (Å²) in [6.45, 7) is 16.0. The van der Waals surface area contributed by atoms with Crippen molar-refractivity contribution in [1.82, 2.24) is 4.23 Å². The van der Waals surface area contributed by atoms with E-state index in [4.69, 9.17) is 33.2 Å². The van der Waals surface area contributed by atoms with Crippen molar-refractivity contribution in [2.24, 2.45) is 0 Å². The van der Waals surface area contributed by atoms with E-state index < -0.39 is 22.5 Å². The molecule has 0 N–H and O–H groups in total. The molecule has 0 radical (unpaired) electrons. The molecule has 0 bridgehead atoms. The highest BCUT2D eigenvalue weighted by molar-refractivity contribution is 7.64. The van der Waals surface area contributed by atoms with Crippen LogP contribution in [-0.4, -0.2) is 33.2 Å². The molecular formula is C12H30Cl3NSi3. The maximum absolute atomic E-state index is 5.89. The van der Waals surface area contributed by atoms with Crippen LogP contribution in [0, 0.1) is 0 Å². The van der Waals surface area contributed by atoms with E-state index in [0.29, 0.717) is 0 Å². The molecule has 0 aromatic carbocycles. The van der Waals surface area contributed by atoms with E-state index in [0.717, 1.165) is 12.5 Å². The van der Waals surface area contributed by atoms with Crippen LogP contribution in [0.2, 0.25) is 45.3 Å². The highest BCUT2D eigenvalue weighted by atomic mass is 35.8. The molecule has 0 saturated heterocycles. The van der Waals surface area contributed by atoms with Gasteiger partial charge in [-0.25, -0.2) is 0 Å². The number of unbranched alkanes of at least 4 members (excludes halogenated alkanes) is 3. The first-order valence-corrected chi connectivity index (χ1v) is 19.3. The molecular weight excluding hydrogens is 349 g/mol. The summed E-state index contributed by atoms with van der Waals surface area (Å²) < 4.78 is 2.85. The van der Waals surface area contributed by atoms with Crippen LogP contribution in [0.25, 0.3) is 0 Å². The van der Waals surface area contributed by atoms with Crippen LogP contribution in [-0.2, 0) is 0 Å². The molecule has 0 spiro atoms. The van der Waals surface area contributed by atoms with Crippen LogP contribution < -0.4 is 0 Å². The van der Waals surface area contributed by atoms with Gasteiger partial charge in [-0.2, -0.15) is 0 Å². The van der Waals surface area contributed by atoms with Gasteiger partial charge >= 0.3 is 6.00 Å². The molecule has 0 saturated carbocycles. The normalized spacial score (nSPS) is 14.2. The SMILES string of the molecule is C[Si](C)(C)N(CCCCCC[Si](Cl)(Cl)Cl)[Si](C)(C)C. The Morgan fingerprint density at radius 1 is 0.684 bits per heavy atom. The second kappa shape index (κ2) is 8.20. The number of hydrogen-bond donors (Lipinski definition) is 0. The smallest absolute Gasteiger partial charge is 0.341 e. The standard InChI is InChI=1S/C12H30Cl3NSi3/c1-17(2,3)16(18(4,5)6)11-9-7-8-10-12-19(13,14)15/h7-12H2,1-6H3. The molecule has 116 valence electrons. The molecule has 0 aliphatic heterocycles. The third kappa shape index (κ3) is 10.8. The molecule has 0 heterocycles. The largest absolute Gasteiger partial charge is 0.346 e. The van der Waals surface area contributed by atoms with Gasteiger partial charge in [-0.15, -0.1) is 33.2 Å². The van der Waals surface area contributed by atoms with Crippen LogP contribution >= 0.6 is 33.2 Å². The maximum atomic E-state index is 5.89. The Bertz CT molecular complexity index is 242. The van der Waals surface area contributed by atoms with Crippen LogP contribution in [0.15, 0.2) is 0 Å². The summed E-state index contributed by atoms with van der Waals surface area (Å²) in [4.78, 5) is 0. The molecule has 7 heteroatoms. The number of nitrogens with zero attached hydrogens (tertiary/aromatic N) is 1. The fourth-order valence-corrected chi connectivity index (χ4v) is 14.2. The molecule has 0 fully saturated rings. The minimum absolute atomic E-state index is 0.809. The number of hydrogen-bond acceptors (Lipinski definition) is 1. The van der Waals surface area contributed by atoms with Crippen LogP contribution in [0.5, 0.6) is 0 Å². The molecule has 0 atom stereocenters. The first-order valence-electron chi connectivity index (χ1n) is 7.18. The Kier molecular flexibility index (Phi) is 8.84. The average molecular weight is 379 g/mol. The molecule has 0 rings (SSSR count). The van der Waals surface area contributed by atoms with Crippen LogP contribution in [0.3, 0.4) is 0 Å². The highest BCUT2D eigenvalue weighted by Crippen LogP contribution is 2.27. The molecule has 0 amide bonds. The molecule has 0 unspecified atom stereocenters. The van der Waals surface area contributed by atoms with Gasteiger partial charge in [-0.05, 0) is 19.0 Å². The lowest BCUT2D eigenvalue weighted by atomic mass is 10.2. The van der Waals surface area contributed by atoms with Crippen molar-refractivity contribution in [3.63, 3.8) is 0 Å². The van der Waals surface area contributed by atoms with Gasteiger partial charge in [0, 0.05) is 0 Å². The summed E-state index contributed by atoms with van der Waals surface area (Å²) in [7, 11) is -2.36. The Morgan fingerprint density at radius 2 is 1.11 bits per heavy atom. The third-order valence-electron chi connectivity index (χ3n) is 3.21. The summed E-state index contributed by atoms with van der Waals surface area (Å²) in [6.07, 6.45) is 4.82. The van der Waals surface area contributed by atoms with Gasteiger partial charge in [0.15, 0.2) is 0 Å². The lowest BCUT2D eigenvalue weighted by molar-refractivity contribution is 0.546. The predicted octanol–water partition coefficient (Wildman–Crippen LogP) is 6.17. The second-order valence-corrected chi connectivity index (χ2v) is 26.8. The van der Waals surface area contributed by atoms with Gasteiger partial charge in [0.1, 0.15) is 16.5 Å². The molecule has 0 aromatic heterocycles. The third-order valence-corrected chi connectivity index (χ3v) is 13.5. The summed E-state index contributed by atoms with van der Waals surface area (Å²) in [5.41, 5.74) is 0. The first-order chi connectivity index (χ1) is 8.34. The quantitative estimate of drug-likeness (QED) is 0.263. The Hall–Kier alpha value is 1.48. The van der Waals surface area contributed by atoms with Crippen LogP contribution in [0.1, 0.15) is 25.7 Å². The Labute approximate surface area is 137 Å². The minimum atomic E-state index is -2.38.